The van der Waals surface area contributed by atoms with Crippen molar-refractivity contribution in [3.63, 3.8) is 0 Å². The van der Waals surface area contributed by atoms with Crippen molar-refractivity contribution in [3.05, 3.63) is 34.4 Å². The van der Waals surface area contributed by atoms with Gasteiger partial charge in [-0.25, -0.2) is 4.79 Å². The molecule has 230 valence electrons. The molecule has 0 bridgehead atoms. The maximum atomic E-state index is 13.2. The van der Waals surface area contributed by atoms with Crippen LogP contribution < -0.4 is 20.7 Å². The first-order valence-electron chi connectivity index (χ1n) is 13.5. The van der Waals surface area contributed by atoms with Gasteiger partial charge in [0.2, 0.25) is 23.6 Å². The number of esters is 2. The van der Waals surface area contributed by atoms with Gasteiger partial charge < -0.3 is 30.3 Å². The van der Waals surface area contributed by atoms with Crippen molar-refractivity contribution in [2.45, 2.75) is 77.5 Å². The third kappa shape index (κ3) is 9.52. The number of likely N-dealkylation sites (tertiary alicyclic amines) is 1. The minimum Gasteiger partial charge on any atom is -0.469 e. The largest absolute Gasteiger partial charge is 0.469 e. The fourth-order valence-corrected chi connectivity index (χ4v) is 4.21. The van der Waals surface area contributed by atoms with Crippen molar-refractivity contribution in [2.75, 3.05) is 13.7 Å². The lowest BCUT2D eigenvalue weighted by Crippen LogP contribution is -2.57. The van der Waals surface area contributed by atoms with Gasteiger partial charge in [0.1, 0.15) is 29.9 Å². The van der Waals surface area contributed by atoms with Crippen LogP contribution in [-0.4, -0.2) is 83.2 Å². The molecule has 1 heterocycles. The Morgan fingerprint density at radius 1 is 0.976 bits per heavy atom. The van der Waals surface area contributed by atoms with Gasteiger partial charge in [-0.1, -0.05) is 13.8 Å². The number of methoxy groups -OCH3 is 1. The zero-order valence-corrected chi connectivity index (χ0v) is 24.2. The molecule has 1 aromatic carbocycles. The molecular weight excluding hydrogens is 554 g/mol. The van der Waals surface area contributed by atoms with E-state index in [4.69, 9.17) is 4.74 Å². The molecule has 0 radical (unpaired) electrons. The van der Waals surface area contributed by atoms with Crippen molar-refractivity contribution < 1.29 is 43.2 Å². The smallest absolute Gasteiger partial charge is 0.334 e. The highest BCUT2D eigenvalue weighted by atomic mass is 16.6. The van der Waals surface area contributed by atoms with Crippen LogP contribution in [0.4, 0.5) is 5.69 Å². The van der Waals surface area contributed by atoms with Gasteiger partial charge in [0.05, 0.1) is 18.5 Å². The Labute approximate surface area is 242 Å². The molecule has 2 rings (SSSR count). The number of nitro groups is 1. The molecule has 42 heavy (non-hydrogen) atoms. The molecule has 1 aromatic rings. The van der Waals surface area contributed by atoms with Crippen molar-refractivity contribution in [1.82, 2.24) is 20.9 Å². The number of carbonyl (C=O) groups is 6. The predicted octanol–water partition coefficient (Wildman–Crippen LogP) is 0.595. The van der Waals surface area contributed by atoms with Crippen LogP contribution in [0, 0.1) is 16.0 Å². The van der Waals surface area contributed by atoms with Crippen LogP contribution in [0.15, 0.2) is 24.3 Å². The zero-order chi connectivity index (χ0) is 31.6. The molecule has 15 heteroatoms. The third-order valence-corrected chi connectivity index (χ3v) is 6.61. The van der Waals surface area contributed by atoms with Gasteiger partial charge >= 0.3 is 11.9 Å². The van der Waals surface area contributed by atoms with Crippen molar-refractivity contribution in [1.29, 1.82) is 0 Å². The number of benzene rings is 1. The third-order valence-electron chi connectivity index (χ3n) is 6.61. The summed E-state index contributed by atoms with van der Waals surface area (Å²) in [5.74, 6) is -3.89. The van der Waals surface area contributed by atoms with E-state index in [2.05, 4.69) is 20.7 Å². The molecular formula is C27H37N5O10. The molecule has 0 unspecified atom stereocenters. The van der Waals surface area contributed by atoms with E-state index in [1.807, 2.05) is 0 Å². The number of nitro benzene ring substituents is 1. The highest BCUT2D eigenvalue weighted by Gasteiger charge is 2.38. The summed E-state index contributed by atoms with van der Waals surface area (Å²) in [7, 11) is 1.20. The van der Waals surface area contributed by atoms with Crippen LogP contribution in [0.3, 0.4) is 0 Å². The monoisotopic (exact) mass is 591 g/mol. The summed E-state index contributed by atoms with van der Waals surface area (Å²) in [5, 5.41) is 18.5. The molecule has 3 N–H and O–H groups in total. The molecule has 1 aliphatic rings. The SMILES string of the molecule is COC(=O)CCC(=O)N[C@@H](C)C(=O)N[C@@H](C)C(=O)N1CCC[C@H]1C(=O)N[C@H](C(=O)Oc1ccc([N+](=O)[O-])cc1)C(C)C. The van der Waals surface area contributed by atoms with E-state index in [9.17, 15) is 38.9 Å². The number of amides is 4. The summed E-state index contributed by atoms with van der Waals surface area (Å²) >= 11 is 0. The Morgan fingerprint density at radius 3 is 2.19 bits per heavy atom. The van der Waals surface area contributed by atoms with E-state index in [1.165, 1.54) is 50.1 Å². The van der Waals surface area contributed by atoms with Gasteiger partial charge in [0.25, 0.3) is 5.69 Å². The fourth-order valence-electron chi connectivity index (χ4n) is 4.21. The minimum absolute atomic E-state index is 0.0709. The Hall–Kier alpha value is -4.56. The fraction of sp³-hybridized carbons (Fsp3) is 0.556. The maximum absolute atomic E-state index is 13.2. The molecule has 1 saturated heterocycles. The lowest BCUT2D eigenvalue weighted by Gasteiger charge is -2.29. The van der Waals surface area contributed by atoms with E-state index in [-0.39, 0.29) is 36.7 Å². The molecule has 4 atom stereocenters. The Morgan fingerprint density at radius 2 is 1.62 bits per heavy atom. The first kappa shape index (κ1) is 33.6. The maximum Gasteiger partial charge on any atom is 0.334 e. The van der Waals surface area contributed by atoms with Crippen molar-refractivity contribution in [3.8, 4) is 5.75 Å². The normalized spacial score (nSPS) is 16.5. The Kier molecular flexibility index (Phi) is 12.4. The van der Waals surface area contributed by atoms with Gasteiger partial charge in [0.15, 0.2) is 0 Å². The minimum atomic E-state index is -1.06. The van der Waals surface area contributed by atoms with Crippen LogP contribution in [0.1, 0.15) is 53.4 Å². The number of nitrogens with zero attached hydrogens (tertiary/aromatic N) is 2. The highest BCUT2D eigenvalue weighted by molar-refractivity contribution is 5.95. The quantitative estimate of drug-likeness (QED) is 0.126. The highest BCUT2D eigenvalue weighted by Crippen LogP contribution is 2.21. The first-order chi connectivity index (χ1) is 19.7. The Balaban J connectivity index is 1.97. The van der Waals surface area contributed by atoms with Gasteiger partial charge in [-0.2, -0.15) is 0 Å². The number of rotatable bonds is 13. The molecule has 4 amide bonds. The van der Waals surface area contributed by atoms with Crippen LogP contribution in [0.2, 0.25) is 0 Å². The van der Waals surface area contributed by atoms with E-state index >= 15 is 0 Å². The summed E-state index contributed by atoms with van der Waals surface area (Å²) in [5.41, 5.74) is -0.172. The molecule has 0 saturated carbocycles. The van der Waals surface area contributed by atoms with E-state index in [1.54, 1.807) is 13.8 Å². The van der Waals surface area contributed by atoms with E-state index in [0.717, 1.165) is 0 Å². The van der Waals surface area contributed by atoms with Crippen molar-refractivity contribution in [2.24, 2.45) is 5.92 Å². The molecule has 1 fully saturated rings. The molecule has 1 aliphatic heterocycles. The average molecular weight is 592 g/mol. The number of hydrogen-bond acceptors (Lipinski definition) is 10. The van der Waals surface area contributed by atoms with Gasteiger partial charge in [-0.15, -0.1) is 0 Å². The summed E-state index contributed by atoms with van der Waals surface area (Å²) < 4.78 is 9.79. The van der Waals surface area contributed by atoms with Crippen LogP contribution in [0.5, 0.6) is 5.75 Å². The van der Waals surface area contributed by atoms with Crippen LogP contribution in [0.25, 0.3) is 0 Å². The second-order valence-electron chi connectivity index (χ2n) is 10.2. The second-order valence-corrected chi connectivity index (χ2v) is 10.2. The van der Waals surface area contributed by atoms with E-state index < -0.39 is 64.7 Å². The topological polar surface area (TPSA) is 203 Å². The van der Waals surface area contributed by atoms with Crippen molar-refractivity contribution >= 4 is 41.3 Å². The molecule has 15 nitrogen and oxygen atoms in total. The number of ether oxygens (including phenoxy) is 2. The van der Waals surface area contributed by atoms with Crippen LogP contribution in [-0.2, 0) is 33.5 Å². The lowest BCUT2D eigenvalue weighted by atomic mass is 10.0. The molecule has 0 aromatic heterocycles. The molecule has 0 spiro atoms. The standard InChI is InChI=1S/C27H37N5O10/c1-15(2)23(27(38)42-19-10-8-18(9-11-19)32(39)40)30-25(36)20-7-6-14-31(20)26(37)17(4)29-24(35)16(3)28-21(33)12-13-22(34)41-5/h8-11,15-17,20,23H,6-7,12-14H2,1-5H3,(H,28,33)(H,29,35)(H,30,36)/t16-,17-,20-,23-/m0/s1. The summed E-state index contributed by atoms with van der Waals surface area (Å²) in [6, 6.07) is 0.964. The number of hydrogen-bond donors (Lipinski definition) is 3. The lowest BCUT2D eigenvalue weighted by molar-refractivity contribution is -0.384. The zero-order valence-electron chi connectivity index (χ0n) is 24.2. The van der Waals surface area contributed by atoms with Gasteiger partial charge in [-0.05, 0) is 44.7 Å². The summed E-state index contributed by atoms with van der Waals surface area (Å²) in [4.78, 5) is 86.5. The number of nitrogens with one attached hydrogen (secondary N) is 3. The number of non-ortho nitro benzene ring substituents is 1. The average Bonchev–Trinajstić information content (AvgIpc) is 3.44. The van der Waals surface area contributed by atoms with Crippen LogP contribution >= 0.6 is 0 Å². The number of carbonyl (C=O) groups excluding carboxylic acids is 6. The van der Waals surface area contributed by atoms with E-state index in [0.29, 0.717) is 12.8 Å². The predicted molar refractivity (Wildman–Crippen MR) is 147 cm³/mol. The summed E-state index contributed by atoms with van der Waals surface area (Å²) in [6.45, 7) is 6.55. The van der Waals surface area contributed by atoms with Gasteiger partial charge in [0, 0.05) is 25.1 Å². The Bertz CT molecular complexity index is 1190. The second kappa shape index (κ2) is 15.4. The van der Waals surface area contributed by atoms with Gasteiger partial charge in [-0.3, -0.25) is 34.1 Å². The summed E-state index contributed by atoms with van der Waals surface area (Å²) in [6.07, 6.45) is 0.558. The molecule has 0 aliphatic carbocycles. The first-order valence-corrected chi connectivity index (χ1v) is 13.5.